The standard InChI is InChI=1S/C20H15FN4OS/c21-15-5-7-16(8-6-15)27-12-19(26)23-17-3-1-2-14-4-9-18(24-20(14)17)25-11-10-22-13-25/h1-11,13H,12H2,(H,23,26). The Labute approximate surface area is 159 Å². The van der Waals surface area contributed by atoms with Crippen LogP contribution in [0.3, 0.4) is 0 Å². The van der Waals surface area contributed by atoms with Crippen LogP contribution in [-0.2, 0) is 4.79 Å². The zero-order valence-corrected chi connectivity index (χ0v) is 15.0. The maximum Gasteiger partial charge on any atom is 0.234 e. The molecule has 2 heterocycles. The number of carbonyl (C=O) groups excluding carboxylic acids is 1. The van der Waals surface area contributed by atoms with Crippen molar-refractivity contribution in [2.24, 2.45) is 0 Å². The van der Waals surface area contributed by atoms with Crippen molar-refractivity contribution in [3.63, 3.8) is 0 Å². The largest absolute Gasteiger partial charge is 0.323 e. The van der Waals surface area contributed by atoms with E-state index in [4.69, 9.17) is 0 Å². The minimum atomic E-state index is -0.292. The number of pyridine rings is 1. The molecule has 0 atom stereocenters. The number of nitrogens with zero attached hydrogens (tertiary/aromatic N) is 3. The van der Waals surface area contributed by atoms with Crippen LogP contribution in [0.2, 0.25) is 0 Å². The predicted octanol–water partition coefficient (Wildman–Crippen LogP) is 4.29. The summed E-state index contributed by atoms with van der Waals surface area (Å²) in [5, 5.41) is 3.85. The molecule has 0 unspecified atom stereocenters. The first-order valence-electron chi connectivity index (χ1n) is 8.25. The average molecular weight is 378 g/mol. The Bertz CT molecular complexity index is 1080. The average Bonchev–Trinajstić information content (AvgIpc) is 3.22. The molecule has 0 fully saturated rings. The SMILES string of the molecule is O=C(CSc1ccc(F)cc1)Nc1cccc2ccc(-n3ccnc3)nc12. The van der Waals surface area contributed by atoms with E-state index >= 15 is 0 Å². The van der Waals surface area contributed by atoms with Crippen molar-refractivity contribution in [2.75, 3.05) is 11.1 Å². The number of rotatable bonds is 5. The number of hydrogen-bond acceptors (Lipinski definition) is 4. The Morgan fingerprint density at radius 2 is 1.96 bits per heavy atom. The monoisotopic (exact) mass is 378 g/mol. The van der Waals surface area contributed by atoms with E-state index in [9.17, 15) is 9.18 Å². The van der Waals surface area contributed by atoms with Gasteiger partial charge >= 0.3 is 0 Å². The molecule has 134 valence electrons. The molecule has 27 heavy (non-hydrogen) atoms. The number of benzene rings is 2. The topological polar surface area (TPSA) is 59.8 Å². The van der Waals surface area contributed by atoms with Crippen molar-refractivity contribution in [3.05, 3.63) is 79.1 Å². The normalized spacial score (nSPS) is 10.9. The molecule has 0 aliphatic carbocycles. The van der Waals surface area contributed by atoms with Gasteiger partial charge in [0.2, 0.25) is 5.91 Å². The predicted molar refractivity (Wildman–Crippen MR) is 105 cm³/mol. The van der Waals surface area contributed by atoms with Gasteiger partial charge in [-0.3, -0.25) is 9.36 Å². The molecule has 0 spiro atoms. The number of carbonyl (C=O) groups is 1. The summed E-state index contributed by atoms with van der Waals surface area (Å²) >= 11 is 1.35. The minimum absolute atomic E-state index is 0.147. The smallest absolute Gasteiger partial charge is 0.234 e. The molecule has 7 heteroatoms. The summed E-state index contributed by atoms with van der Waals surface area (Å²) in [6.07, 6.45) is 5.18. The molecule has 0 bridgehead atoms. The number of anilines is 1. The second-order valence-electron chi connectivity index (χ2n) is 5.81. The molecule has 4 rings (SSSR count). The van der Waals surface area contributed by atoms with Crippen LogP contribution in [0.5, 0.6) is 0 Å². The molecule has 1 N–H and O–H groups in total. The van der Waals surface area contributed by atoms with Gasteiger partial charge in [0, 0.05) is 22.7 Å². The summed E-state index contributed by atoms with van der Waals surface area (Å²) in [5.41, 5.74) is 1.36. The highest BCUT2D eigenvalue weighted by Gasteiger charge is 2.09. The Balaban J connectivity index is 1.53. The molecule has 0 radical (unpaired) electrons. The van der Waals surface area contributed by atoms with Crippen molar-refractivity contribution in [3.8, 4) is 5.82 Å². The van der Waals surface area contributed by atoms with Crippen LogP contribution in [0, 0.1) is 5.82 Å². The van der Waals surface area contributed by atoms with Gasteiger partial charge in [-0.05, 0) is 42.5 Å². The fourth-order valence-corrected chi connectivity index (χ4v) is 3.34. The Morgan fingerprint density at radius 1 is 1.11 bits per heavy atom. The summed E-state index contributed by atoms with van der Waals surface area (Å²) < 4.78 is 14.8. The molecule has 0 saturated heterocycles. The first kappa shape index (κ1) is 17.2. The van der Waals surface area contributed by atoms with Crippen LogP contribution in [0.4, 0.5) is 10.1 Å². The maximum atomic E-state index is 13.0. The molecule has 5 nitrogen and oxygen atoms in total. The third-order valence-electron chi connectivity index (χ3n) is 3.93. The van der Waals surface area contributed by atoms with Crippen molar-refractivity contribution in [2.45, 2.75) is 4.90 Å². The molecule has 0 saturated carbocycles. The summed E-state index contributed by atoms with van der Waals surface area (Å²) in [7, 11) is 0. The molecular weight excluding hydrogens is 363 g/mol. The molecule has 0 aliphatic heterocycles. The van der Waals surface area contributed by atoms with E-state index in [1.165, 1.54) is 23.9 Å². The van der Waals surface area contributed by atoms with Gasteiger partial charge in [-0.25, -0.2) is 14.4 Å². The van der Waals surface area contributed by atoms with Gasteiger partial charge in [0.1, 0.15) is 18.0 Å². The van der Waals surface area contributed by atoms with Crippen LogP contribution in [0.15, 0.2) is 78.2 Å². The number of thioether (sulfide) groups is 1. The van der Waals surface area contributed by atoms with Crippen molar-refractivity contribution in [1.29, 1.82) is 0 Å². The van der Waals surface area contributed by atoms with E-state index < -0.39 is 0 Å². The third-order valence-corrected chi connectivity index (χ3v) is 4.94. The molecule has 2 aromatic heterocycles. The highest BCUT2D eigenvalue weighted by Crippen LogP contribution is 2.24. The van der Waals surface area contributed by atoms with Gasteiger partial charge < -0.3 is 5.32 Å². The van der Waals surface area contributed by atoms with Crippen molar-refractivity contribution < 1.29 is 9.18 Å². The van der Waals surface area contributed by atoms with Gasteiger partial charge in [-0.15, -0.1) is 11.8 Å². The van der Waals surface area contributed by atoms with E-state index in [1.807, 2.05) is 41.1 Å². The van der Waals surface area contributed by atoms with Gasteiger partial charge in [-0.2, -0.15) is 0 Å². The van der Waals surface area contributed by atoms with Crippen LogP contribution in [0.25, 0.3) is 16.7 Å². The van der Waals surface area contributed by atoms with E-state index in [0.29, 0.717) is 11.2 Å². The van der Waals surface area contributed by atoms with Gasteiger partial charge in [-0.1, -0.05) is 12.1 Å². The fourth-order valence-electron chi connectivity index (χ4n) is 2.64. The van der Waals surface area contributed by atoms with E-state index in [-0.39, 0.29) is 17.5 Å². The molecule has 0 aliphatic rings. The van der Waals surface area contributed by atoms with Crippen LogP contribution >= 0.6 is 11.8 Å². The van der Waals surface area contributed by atoms with Gasteiger partial charge in [0.05, 0.1) is 17.0 Å². The molecule has 1 amide bonds. The van der Waals surface area contributed by atoms with Gasteiger partial charge in [0.15, 0.2) is 0 Å². The lowest BCUT2D eigenvalue weighted by atomic mass is 10.2. The van der Waals surface area contributed by atoms with Crippen LogP contribution < -0.4 is 5.32 Å². The van der Waals surface area contributed by atoms with Crippen LogP contribution in [0.1, 0.15) is 0 Å². The third kappa shape index (κ3) is 3.98. The molecule has 2 aromatic carbocycles. The van der Waals surface area contributed by atoms with Gasteiger partial charge in [0.25, 0.3) is 0 Å². The zero-order valence-electron chi connectivity index (χ0n) is 14.2. The lowest BCUT2D eigenvalue weighted by Crippen LogP contribution is -2.14. The lowest BCUT2D eigenvalue weighted by molar-refractivity contribution is -0.113. The second-order valence-corrected chi connectivity index (χ2v) is 6.86. The number of para-hydroxylation sites is 1. The van der Waals surface area contributed by atoms with E-state index in [2.05, 4.69) is 15.3 Å². The number of amides is 1. The number of halogens is 1. The number of hydrogen-bond donors (Lipinski definition) is 1. The van der Waals surface area contributed by atoms with Crippen molar-refractivity contribution >= 4 is 34.3 Å². The maximum absolute atomic E-state index is 13.0. The number of aromatic nitrogens is 3. The fraction of sp³-hybridized carbons (Fsp3) is 0.0500. The Morgan fingerprint density at radius 3 is 2.74 bits per heavy atom. The highest BCUT2D eigenvalue weighted by atomic mass is 32.2. The lowest BCUT2D eigenvalue weighted by Gasteiger charge is -2.10. The minimum Gasteiger partial charge on any atom is -0.323 e. The van der Waals surface area contributed by atoms with Crippen molar-refractivity contribution in [1.82, 2.24) is 14.5 Å². The highest BCUT2D eigenvalue weighted by molar-refractivity contribution is 8.00. The number of fused-ring (bicyclic) bond motifs is 1. The summed E-state index contributed by atoms with van der Waals surface area (Å²) in [6.45, 7) is 0. The van der Waals surface area contributed by atoms with Crippen LogP contribution in [-0.4, -0.2) is 26.2 Å². The number of nitrogens with one attached hydrogen (secondary N) is 1. The molecular formula is C20H15FN4OS. The zero-order chi connectivity index (χ0) is 18.6. The van der Waals surface area contributed by atoms with E-state index in [0.717, 1.165) is 16.1 Å². The van der Waals surface area contributed by atoms with E-state index in [1.54, 1.807) is 24.7 Å². The quantitative estimate of drug-likeness (QED) is 0.526. The second kappa shape index (κ2) is 7.59. The Hall–Kier alpha value is -3.19. The Kier molecular flexibility index (Phi) is 4.84. The first-order valence-corrected chi connectivity index (χ1v) is 9.24. The first-order chi connectivity index (χ1) is 13.2. The summed E-state index contributed by atoms with van der Waals surface area (Å²) in [4.78, 5) is 21.9. The summed E-state index contributed by atoms with van der Waals surface area (Å²) in [6, 6.07) is 15.6. The number of imidazole rings is 1. The summed E-state index contributed by atoms with van der Waals surface area (Å²) in [5.74, 6) is 0.511. The molecule has 4 aromatic rings.